The molecule has 0 spiro atoms. The summed E-state index contributed by atoms with van der Waals surface area (Å²) < 4.78 is 0. The van der Waals surface area contributed by atoms with E-state index in [4.69, 9.17) is 16.7 Å². The van der Waals surface area contributed by atoms with E-state index in [0.717, 1.165) is 19.4 Å². The van der Waals surface area contributed by atoms with Crippen molar-refractivity contribution in [3.05, 3.63) is 0 Å². The van der Waals surface area contributed by atoms with Crippen LogP contribution in [-0.2, 0) is 4.79 Å². The number of hydrogen-bond donors (Lipinski definition) is 2. The predicted molar refractivity (Wildman–Crippen MR) is 61.2 cm³/mol. The van der Waals surface area contributed by atoms with Crippen molar-refractivity contribution in [3.63, 3.8) is 0 Å². The molecule has 1 heterocycles. The third-order valence-electron chi connectivity index (χ3n) is 3.31. The van der Waals surface area contributed by atoms with Gasteiger partial charge in [0.15, 0.2) is 0 Å². The molecule has 1 aliphatic heterocycles. The molecule has 0 aromatic rings. The summed E-state index contributed by atoms with van der Waals surface area (Å²) in [5.74, 6) is -0.268. The third-order valence-corrected chi connectivity index (χ3v) is 3.31. The van der Waals surface area contributed by atoms with E-state index < -0.39 is 6.04 Å². The molecule has 4 N–H and O–H groups in total. The minimum Gasteiger partial charge on any atom is -0.369 e. The van der Waals surface area contributed by atoms with Gasteiger partial charge in [-0.1, -0.05) is 0 Å². The summed E-state index contributed by atoms with van der Waals surface area (Å²) in [5.41, 5.74) is 10.9. The molecule has 0 bridgehead atoms. The summed E-state index contributed by atoms with van der Waals surface area (Å²) in [6.07, 6.45) is 2.50. The van der Waals surface area contributed by atoms with Crippen LogP contribution in [-0.4, -0.2) is 36.0 Å². The molecule has 3 unspecified atom stereocenters. The zero-order chi connectivity index (χ0) is 12.1. The van der Waals surface area contributed by atoms with E-state index in [1.165, 1.54) is 0 Å². The molecule has 1 aliphatic rings. The van der Waals surface area contributed by atoms with Crippen LogP contribution >= 0.6 is 0 Å². The first-order chi connectivity index (χ1) is 7.54. The SMILES string of the molecule is CC1CCC(C(N)=O)CN1CCC(N)C#N. The fourth-order valence-electron chi connectivity index (χ4n) is 2.09. The molecule has 1 rings (SSSR count). The summed E-state index contributed by atoms with van der Waals surface area (Å²) in [6, 6.07) is 2.04. The molecule has 5 nitrogen and oxygen atoms in total. The Hall–Kier alpha value is -1.12. The zero-order valence-electron chi connectivity index (χ0n) is 9.72. The molecule has 90 valence electrons. The number of rotatable bonds is 4. The van der Waals surface area contributed by atoms with Gasteiger partial charge in [-0.3, -0.25) is 9.69 Å². The van der Waals surface area contributed by atoms with Crippen LogP contribution in [0.5, 0.6) is 0 Å². The number of nitrogens with two attached hydrogens (primary N) is 2. The summed E-state index contributed by atoms with van der Waals surface area (Å²) in [6.45, 7) is 3.60. The van der Waals surface area contributed by atoms with Gasteiger partial charge in [0.2, 0.25) is 5.91 Å². The Morgan fingerprint density at radius 1 is 1.62 bits per heavy atom. The monoisotopic (exact) mass is 224 g/mol. The fraction of sp³-hybridized carbons (Fsp3) is 0.818. The summed E-state index contributed by atoms with van der Waals surface area (Å²) >= 11 is 0. The van der Waals surface area contributed by atoms with Gasteiger partial charge < -0.3 is 11.5 Å². The first-order valence-electron chi connectivity index (χ1n) is 5.73. The standard InChI is InChI=1S/C11H20N4O/c1-8-2-3-9(11(14)16)7-15(8)5-4-10(13)6-12/h8-10H,2-5,7,13H2,1H3,(H2,14,16). The van der Waals surface area contributed by atoms with E-state index >= 15 is 0 Å². The second-order valence-electron chi connectivity index (χ2n) is 4.54. The lowest BCUT2D eigenvalue weighted by molar-refractivity contribution is -0.123. The van der Waals surface area contributed by atoms with Crippen molar-refractivity contribution in [1.82, 2.24) is 4.90 Å². The van der Waals surface area contributed by atoms with Crippen molar-refractivity contribution >= 4 is 5.91 Å². The van der Waals surface area contributed by atoms with Crippen LogP contribution in [0.25, 0.3) is 0 Å². The smallest absolute Gasteiger partial charge is 0.221 e. The first-order valence-corrected chi connectivity index (χ1v) is 5.73. The molecule has 0 radical (unpaired) electrons. The minimum absolute atomic E-state index is 0.0467. The zero-order valence-corrected chi connectivity index (χ0v) is 9.72. The van der Waals surface area contributed by atoms with Gasteiger partial charge in [0, 0.05) is 19.1 Å². The lowest BCUT2D eigenvalue weighted by Crippen LogP contribution is -2.46. The van der Waals surface area contributed by atoms with Crippen molar-refractivity contribution in [3.8, 4) is 6.07 Å². The quantitative estimate of drug-likeness (QED) is 0.692. The predicted octanol–water partition coefficient (Wildman–Crippen LogP) is -0.187. The second-order valence-corrected chi connectivity index (χ2v) is 4.54. The van der Waals surface area contributed by atoms with Gasteiger partial charge in [-0.05, 0) is 26.2 Å². The highest BCUT2D eigenvalue weighted by atomic mass is 16.1. The number of carbonyl (C=O) groups excluding carboxylic acids is 1. The molecule has 1 amide bonds. The molecular formula is C11H20N4O. The Morgan fingerprint density at radius 2 is 2.31 bits per heavy atom. The minimum atomic E-state index is -0.416. The van der Waals surface area contributed by atoms with Crippen LogP contribution in [0.4, 0.5) is 0 Å². The number of hydrogen-bond acceptors (Lipinski definition) is 4. The molecule has 3 atom stereocenters. The average molecular weight is 224 g/mol. The maximum absolute atomic E-state index is 11.1. The molecule has 1 fully saturated rings. The molecular weight excluding hydrogens is 204 g/mol. The molecule has 0 aliphatic carbocycles. The van der Waals surface area contributed by atoms with Crippen LogP contribution < -0.4 is 11.5 Å². The second kappa shape index (κ2) is 5.83. The Balaban J connectivity index is 2.44. The van der Waals surface area contributed by atoms with E-state index in [1.54, 1.807) is 0 Å². The van der Waals surface area contributed by atoms with E-state index in [9.17, 15) is 4.79 Å². The average Bonchev–Trinajstić information content (AvgIpc) is 2.27. The lowest BCUT2D eigenvalue weighted by atomic mass is 9.92. The number of amides is 1. The van der Waals surface area contributed by atoms with Gasteiger partial charge in [0.1, 0.15) is 0 Å². The van der Waals surface area contributed by atoms with Crippen LogP contribution in [0.2, 0.25) is 0 Å². The van der Waals surface area contributed by atoms with Gasteiger partial charge >= 0.3 is 0 Å². The van der Waals surface area contributed by atoms with Crippen molar-refractivity contribution in [2.75, 3.05) is 13.1 Å². The first kappa shape index (κ1) is 12.9. The van der Waals surface area contributed by atoms with Crippen molar-refractivity contribution in [2.45, 2.75) is 38.3 Å². The Kier molecular flexibility index (Phi) is 4.71. The Labute approximate surface area is 96.4 Å². The van der Waals surface area contributed by atoms with Crippen LogP contribution in [0, 0.1) is 17.2 Å². The van der Waals surface area contributed by atoms with Gasteiger partial charge in [-0.2, -0.15) is 5.26 Å². The molecule has 5 heteroatoms. The highest BCUT2D eigenvalue weighted by Crippen LogP contribution is 2.21. The van der Waals surface area contributed by atoms with Crippen LogP contribution in [0.15, 0.2) is 0 Å². The third kappa shape index (κ3) is 3.47. The highest BCUT2D eigenvalue weighted by Gasteiger charge is 2.28. The Morgan fingerprint density at radius 3 is 2.88 bits per heavy atom. The largest absolute Gasteiger partial charge is 0.369 e. The molecule has 1 saturated heterocycles. The molecule has 0 aromatic carbocycles. The Bertz CT molecular complexity index is 286. The topological polar surface area (TPSA) is 96.1 Å². The number of carbonyl (C=O) groups is 1. The molecule has 0 saturated carbocycles. The van der Waals surface area contributed by atoms with E-state index in [-0.39, 0.29) is 11.8 Å². The van der Waals surface area contributed by atoms with Gasteiger partial charge in [-0.15, -0.1) is 0 Å². The van der Waals surface area contributed by atoms with Crippen molar-refractivity contribution in [2.24, 2.45) is 17.4 Å². The highest BCUT2D eigenvalue weighted by molar-refractivity contribution is 5.76. The van der Waals surface area contributed by atoms with E-state index in [2.05, 4.69) is 11.8 Å². The number of primary amides is 1. The van der Waals surface area contributed by atoms with Gasteiger partial charge in [-0.25, -0.2) is 0 Å². The summed E-state index contributed by atoms with van der Waals surface area (Å²) in [7, 11) is 0. The number of likely N-dealkylation sites (tertiary alicyclic amines) is 1. The molecule has 16 heavy (non-hydrogen) atoms. The number of nitriles is 1. The van der Waals surface area contributed by atoms with Crippen molar-refractivity contribution < 1.29 is 4.79 Å². The molecule has 0 aromatic heterocycles. The summed E-state index contributed by atoms with van der Waals surface area (Å²) in [4.78, 5) is 13.3. The van der Waals surface area contributed by atoms with E-state index in [0.29, 0.717) is 19.0 Å². The number of nitrogens with zero attached hydrogens (tertiary/aromatic N) is 2. The van der Waals surface area contributed by atoms with Crippen molar-refractivity contribution in [1.29, 1.82) is 5.26 Å². The van der Waals surface area contributed by atoms with E-state index in [1.807, 2.05) is 6.07 Å². The fourth-order valence-corrected chi connectivity index (χ4v) is 2.09. The van der Waals surface area contributed by atoms with Gasteiger partial charge in [0.25, 0.3) is 0 Å². The normalized spacial score (nSPS) is 28.3. The summed E-state index contributed by atoms with van der Waals surface area (Å²) in [5, 5.41) is 8.60. The van der Waals surface area contributed by atoms with Crippen LogP contribution in [0.1, 0.15) is 26.2 Å². The number of piperidine rings is 1. The van der Waals surface area contributed by atoms with Crippen LogP contribution in [0.3, 0.4) is 0 Å². The maximum Gasteiger partial charge on any atom is 0.221 e. The maximum atomic E-state index is 11.1. The lowest BCUT2D eigenvalue weighted by Gasteiger charge is -2.37. The van der Waals surface area contributed by atoms with Gasteiger partial charge in [0.05, 0.1) is 18.0 Å².